The van der Waals surface area contributed by atoms with Crippen molar-refractivity contribution < 1.29 is 14.3 Å². The molecule has 0 spiro atoms. The predicted molar refractivity (Wildman–Crippen MR) is 147 cm³/mol. The highest BCUT2D eigenvalue weighted by atomic mass is 35.5. The summed E-state index contributed by atoms with van der Waals surface area (Å²) in [4.78, 5) is 27.0. The van der Waals surface area contributed by atoms with Gasteiger partial charge in [-0.2, -0.15) is 0 Å². The molecule has 0 saturated heterocycles. The van der Waals surface area contributed by atoms with E-state index in [2.05, 4.69) is 10.6 Å². The molecule has 0 fully saturated rings. The fourth-order valence-corrected chi connectivity index (χ4v) is 4.84. The van der Waals surface area contributed by atoms with Crippen LogP contribution in [-0.4, -0.2) is 18.4 Å². The van der Waals surface area contributed by atoms with Crippen molar-refractivity contribution >= 4 is 46.6 Å². The van der Waals surface area contributed by atoms with Gasteiger partial charge >= 0.3 is 0 Å². The molecule has 1 atom stereocenters. The van der Waals surface area contributed by atoms with Gasteiger partial charge in [0.2, 0.25) is 5.91 Å². The molecule has 36 heavy (non-hydrogen) atoms. The molecular formula is C29H25ClN2O3S. The molecule has 1 unspecified atom stereocenters. The highest BCUT2D eigenvalue weighted by molar-refractivity contribution is 8.00. The molecule has 182 valence electrons. The van der Waals surface area contributed by atoms with E-state index < -0.39 is 5.25 Å². The number of amides is 2. The Morgan fingerprint density at radius 3 is 2.39 bits per heavy atom. The van der Waals surface area contributed by atoms with Crippen molar-refractivity contribution in [1.82, 2.24) is 0 Å². The number of halogens is 1. The van der Waals surface area contributed by atoms with Crippen molar-refractivity contribution in [3.05, 3.63) is 119 Å². The third-order valence-corrected chi connectivity index (χ3v) is 6.70. The maximum absolute atomic E-state index is 13.5. The largest absolute Gasteiger partial charge is 0.492 e. The Balaban J connectivity index is 1.55. The topological polar surface area (TPSA) is 67.4 Å². The fraction of sp³-hybridized carbons (Fsp3) is 0.103. The first-order valence-corrected chi connectivity index (χ1v) is 12.7. The molecular weight excluding hydrogens is 492 g/mol. The molecule has 0 bridgehead atoms. The minimum Gasteiger partial charge on any atom is -0.492 e. The van der Waals surface area contributed by atoms with Crippen LogP contribution >= 0.6 is 23.4 Å². The quantitative estimate of drug-likeness (QED) is 0.226. The Hall–Kier alpha value is -3.74. The number of thioether (sulfide) groups is 1. The van der Waals surface area contributed by atoms with E-state index >= 15 is 0 Å². The number of anilines is 2. The summed E-state index contributed by atoms with van der Waals surface area (Å²) in [5, 5.41) is 5.89. The molecule has 0 radical (unpaired) electrons. The van der Waals surface area contributed by atoms with E-state index in [-0.39, 0.29) is 11.8 Å². The summed E-state index contributed by atoms with van der Waals surface area (Å²) in [5.74, 6) is 0.187. The van der Waals surface area contributed by atoms with Crippen LogP contribution in [0.2, 0.25) is 5.02 Å². The van der Waals surface area contributed by atoms with Gasteiger partial charge in [0, 0.05) is 21.2 Å². The van der Waals surface area contributed by atoms with Crippen LogP contribution in [0.25, 0.3) is 0 Å². The molecule has 0 aliphatic carbocycles. The van der Waals surface area contributed by atoms with Crippen molar-refractivity contribution in [2.45, 2.75) is 17.1 Å². The predicted octanol–water partition coefficient (Wildman–Crippen LogP) is 7.46. The van der Waals surface area contributed by atoms with Crippen LogP contribution < -0.4 is 15.4 Å². The first kappa shape index (κ1) is 25.4. The maximum Gasteiger partial charge on any atom is 0.255 e. The molecule has 0 aliphatic heterocycles. The monoisotopic (exact) mass is 516 g/mol. The lowest BCUT2D eigenvalue weighted by Gasteiger charge is -2.19. The van der Waals surface area contributed by atoms with Crippen molar-refractivity contribution in [3.8, 4) is 5.75 Å². The smallest absolute Gasteiger partial charge is 0.255 e. The molecule has 0 aliphatic rings. The van der Waals surface area contributed by atoms with Crippen LogP contribution in [-0.2, 0) is 4.79 Å². The van der Waals surface area contributed by atoms with Gasteiger partial charge in [-0.3, -0.25) is 9.59 Å². The summed E-state index contributed by atoms with van der Waals surface area (Å²) in [7, 11) is 0. The third-order valence-electron chi connectivity index (χ3n) is 5.22. The zero-order chi connectivity index (χ0) is 25.3. The minimum absolute atomic E-state index is 0.174. The molecule has 2 N–H and O–H groups in total. The van der Waals surface area contributed by atoms with E-state index in [1.54, 1.807) is 24.3 Å². The number of carbonyl (C=O) groups is 2. The number of rotatable bonds is 9. The van der Waals surface area contributed by atoms with Gasteiger partial charge in [-0.05, 0) is 61.0 Å². The lowest BCUT2D eigenvalue weighted by Crippen LogP contribution is -2.19. The zero-order valence-corrected chi connectivity index (χ0v) is 21.2. The molecule has 0 saturated carbocycles. The lowest BCUT2D eigenvalue weighted by molar-refractivity contribution is -0.115. The fourth-order valence-electron chi connectivity index (χ4n) is 3.57. The Labute approximate surface area is 219 Å². The number of para-hydroxylation sites is 2. The lowest BCUT2D eigenvalue weighted by atomic mass is 10.1. The van der Waals surface area contributed by atoms with Gasteiger partial charge in [0.05, 0.1) is 12.3 Å². The number of carbonyl (C=O) groups excluding carboxylic acids is 2. The standard InChI is InChI=1S/C29H25ClN2O3S/c1-2-35-26-17-7-6-16-25(26)32-29(34)27(20-10-4-3-5-11-20)36-24-15-9-14-23(19-24)31-28(33)21-12-8-13-22(30)18-21/h3-19,27H,2H2,1H3,(H,31,33)(H,32,34). The van der Waals surface area contributed by atoms with E-state index in [1.165, 1.54) is 11.8 Å². The second kappa shape index (κ2) is 12.3. The minimum atomic E-state index is -0.528. The van der Waals surface area contributed by atoms with Gasteiger partial charge in [-0.25, -0.2) is 0 Å². The summed E-state index contributed by atoms with van der Waals surface area (Å²) in [6, 6.07) is 31.2. The Morgan fingerprint density at radius 2 is 1.61 bits per heavy atom. The molecule has 4 rings (SSSR count). The molecule has 2 amide bonds. The summed E-state index contributed by atoms with van der Waals surface area (Å²) in [6.07, 6.45) is 0. The van der Waals surface area contributed by atoms with Crippen molar-refractivity contribution in [3.63, 3.8) is 0 Å². The molecule has 4 aromatic rings. The van der Waals surface area contributed by atoms with Gasteiger partial charge in [-0.1, -0.05) is 66.2 Å². The molecule has 7 heteroatoms. The number of hydrogen-bond acceptors (Lipinski definition) is 4. The van der Waals surface area contributed by atoms with Gasteiger partial charge in [0.15, 0.2) is 0 Å². The van der Waals surface area contributed by atoms with E-state index in [0.717, 1.165) is 10.5 Å². The summed E-state index contributed by atoms with van der Waals surface area (Å²) in [5.41, 5.74) is 2.57. The second-order valence-electron chi connectivity index (χ2n) is 7.82. The van der Waals surface area contributed by atoms with Crippen molar-refractivity contribution in [2.75, 3.05) is 17.2 Å². The van der Waals surface area contributed by atoms with Crippen LogP contribution in [0.3, 0.4) is 0 Å². The van der Waals surface area contributed by atoms with E-state index in [4.69, 9.17) is 16.3 Å². The second-order valence-corrected chi connectivity index (χ2v) is 9.43. The molecule has 5 nitrogen and oxygen atoms in total. The maximum atomic E-state index is 13.5. The first-order chi connectivity index (χ1) is 17.5. The third kappa shape index (κ3) is 6.68. The van der Waals surface area contributed by atoms with Crippen molar-refractivity contribution in [1.29, 1.82) is 0 Å². The normalized spacial score (nSPS) is 11.4. The Bertz CT molecular complexity index is 1350. The average molecular weight is 517 g/mol. The van der Waals surface area contributed by atoms with E-state index in [9.17, 15) is 9.59 Å². The number of hydrogen-bond donors (Lipinski definition) is 2. The van der Waals surface area contributed by atoms with Crippen LogP contribution in [0.4, 0.5) is 11.4 Å². The van der Waals surface area contributed by atoms with Crippen LogP contribution in [0.1, 0.15) is 28.1 Å². The highest BCUT2D eigenvalue weighted by Gasteiger charge is 2.23. The van der Waals surface area contributed by atoms with Gasteiger partial charge < -0.3 is 15.4 Å². The SMILES string of the molecule is CCOc1ccccc1NC(=O)C(Sc1cccc(NC(=O)c2cccc(Cl)c2)c1)c1ccccc1. The Kier molecular flexibility index (Phi) is 8.66. The number of ether oxygens (including phenoxy) is 1. The number of benzene rings is 4. The molecule has 0 heterocycles. The molecule has 0 aromatic heterocycles. The zero-order valence-electron chi connectivity index (χ0n) is 19.6. The van der Waals surface area contributed by atoms with Gasteiger partial charge in [-0.15, -0.1) is 11.8 Å². The van der Waals surface area contributed by atoms with Crippen molar-refractivity contribution in [2.24, 2.45) is 0 Å². The van der Waals surface area contributed by atoms with E-state index in [0.29, 0.717) is 34.3 Å². The number of nitrogens with one attached hydrogen (secondary N) is 2. The Morgan fingerprint density at radius 1 is 0.861 bits per heavy atom. The summed E-state index contributed by atoms with van der Waals surface area (Å²) in [6.45, 7) is 2.40. The van der Waals surface area contributed by atoms with Crippen LogP contribution in [0, 0.1) is 0 Å². The van der Waals surface area contributed by atoms with Crippen LogP contribution in [0.15, 0.2) is 108 Å². The van der Waals surface area contributed by atoms with Gasteiger partial charge in [0.1, 0.15) is 11.0 Å². The van der Waals surface area contributed by atoms with Crippen LogP contribution in [0.5, 0.6) is 5.75 Å². The van der Waals surface area contributed by atoms with Gasteiger partial charge in [0.25, 0.3) is 5.91 Å². The summed E-state index contributed by atoms with van der Waals surface area (Å²) < 4.78 is 5.67. The highest BCUT2D eigenvalue weighted by Crippen LogP contribution is 2.38. The first-order valence-electron chi connectivity index (χ1n) is 11.4. The summed E-state index contributed by atoms with van der Waals surface area (Å²) >= 11 is 7.42. The molecule has 4 aromatic carbocycles. The average Bonchev–Trinajstić information content (AvgIpc) is 2.89. The van der Waals surface area contributed by atoms with E-state index in [1.807, 2.05) is 85.8 Å².